The van der Waals surface area contributed by atoms with Crippen LogP contribution in [0, 0.1) is 5.92 Å². The summed E-state index contributed by atoms with van der Waals surface area (Å²) in [5.41, 5.74) is 1.15. The normalized spacial score (nSPS) is 22.3. The zero-order valence-electron chi connectivity index (χ0n) is 12.8. The van der Waals surface area contributed by atoms with Crippen molar-refractivity contribution >= 4 is 17.5 Å². The third-order valence-electron chi connectivity index (χ3n) is 3.97. The summed E-state index contributed by atoms with van der Waals surface area (Å²) < 4.78 is 0. The van der Waals surface area contributed by atoms with Crippen LogP contribution in [0.4, 0.5) is 0 Å². The monoisotopic (exact) mass is 310 g/mol. The van der Waals surface area contributed by atoms with Crippen molar-refractivity contribution in [1.82, 2.24) is 10.3 Å². The van der Waals surface area contributed by atoms with Gasteiger partial charge in [-0.15, -0.1) is 0 Å². The molecule has 2 N–H and O–H groups in total. The molecule has 2 rings (SSSR count). The Balaban J connectivity index is 2.07. The maximum absolute atomic E-state index is 12.3. The van der Waals surface area contributed by atoms with Crippen LogP contribution in [-0.4, -0.2) is 28.6 Å². The van der Waals surface area contributed by atoms with Crippen molar-refractivity contribution in [2.75, 3.05) is 6.54 Å². The second kappa shape index (κ2) is 6.32. The summed E-state index contributed by atoms with van der Waals surface area (Å²) in [7, 11) is 0. The molecule has 0 radical (unpaired) electrons. The molecule has 1 aromatic heterocycles. The van der Waals surface area contributed by atoms with E-state index in [2.05, 4.69) is 10.3 Å². The highest BCUT2D eigenvalue weighted by molar-refractivity contribution is 6.29. The lowest BCUT2D eigenvalue weighted by atomic mass is 9.91. The Bertz CT molecular complexity index is 525. The number of aliphatic hydroxyl groups excluding tert-OH is 1. The Kier molecular flexibility index (Phi) is 4.89. The number of aliphatic hydroxyl groups is 1. The molecule has 0 saturated heterocycles. The summed E-state index contributed by atoms with van der Waals surface area (Å²) in [6.07, 6.45) is 2.52. The number of amides is 1. The van der Waals surface area contributed by atoms with Crippen LogP contribution in [-0.2, 0) is 5.41 Å². The fourth-order valence-electron chi connectivity index (χ4n) is 2.59. The largest absolute Gasteiger partial charge is 0.393 e. The standard InChI is InChI=1S/C16H23ClN2O2/c1-16(2,3)13-7-11(8-14(17)19-13)15(21)18-9-10-5-4-6-12(10)20/h7-8,10,12,20H,4-6,9H2,1-3H3,(H,18,21). The maximum Gasteiger partial charge on any atom is 0.251 e. The van der Waals surface area contributed by atoms with Crippen LogP contribution in [0.5, 0.6) is 0 Å². The first kappa shape index (κ1) is 16.2. The van der Waals surface area contributed by atoms with Crippen molar-refractivity contribution in [3.8, 4) is 0 Å². The minimum Gasteiger partial charge on any atom is -0.393 e. The first-order valence-corrected chi connectivity index (χ1v) is 7.79. The van der Waals surface area contributed by atoms with Gasteiger partial charge in [0, 0.05) is 29.1 Å². The second-order valence-electron chi connectivity index (χ2n) is 6.78. The molecule has 2 unspecified atom stereocenters. The van der Waals surface area contributed by atoms with Gasteiger partial charge in [0.25, 0.3) is 5.91 Å². The van der Waals surface area contributed by atoms with E-state index < -0.39 is 0 Å². The van der Waals surface area contributed by atoms with Crippen LogP contribution in [0.15, 0.2) is 12.1 Å². The fourth-order valence-corrected chi connectivity index (χ4v) is 2.80. The second-order valence-corrected chi connectivity index (χ2v) is 7.17. The van der Waals surface area contributed by atoms with Crippen molar-refractivity contribution in [2.24, 2.45) is 5.92 Å². The van der Waals surface area contributed by atoms with Gasteiger partial charge in [0.2, 0.25) is 0 Å². The number of hydrogen-bond acceptors (Lipinski definition) is 3. The van der Waals surface area contributed by atoms with Crippen LogP contribution >= 0.6 is 11.6 Å². The predicted octanol–water partition coefficient (Wildman–Crippen LogP) is 2.92. The summed E-state index contributed by atoms with van der Waals surface area (Å²) in [5.74, 6) is -0.00255. The molecule has 1 heterocycles. The van der Waals surface area contributed by atoms with Crippen molar-refractivity contribution < 1.29 is 9.90 Å². The number of carbonyl (C=O) groups is 1. The van der Waals surface area contributed by atoms with Crippen molar-refractivity contribution in [2.45, 2.75) is 51.6 Å². The lowest BCUT2D eigenvalue weighted by molar-refractivity contribution is 0.0916. The van der Waals surface area contributed by atoms with E-state index in [9.17, 15) is 9.90 Å². The predicted molar refractivity (Wildman–Crippen MR) is 83.6 cm³/mol. The first-order chi connectivity index (χ1) is 9.77. The average Bonchev–Trinajstić information content (AvgIpc) is 2.79. The molecule has 0 spiro atoms. The van der Waals surface area contributed by atoms with Gasteiger partial charge < -0.3 is 10.4 Å². The molecule has 1 amide bonds. The number of hydrogen-bond donors (Lipinski definition) is 2. The van der Waals surface area contributed by atoms with Crippen LogP contribution in [0.2, 0.25) is 5.15 Å². The summed E-state index contributed by atoms with van der Waals surface area (Å²) in [5, 5.41) is 13.0. The molecule has 0 aliphatic heterocycles. The lowest BCUT2D eigenvalue weighted by Crippen LogP contribution is -2.32. The fraction of sp³-hybridized carbons (Fsp3) is 0.625. The Hall–Kier alpha value is -1.13. The smallest absolute Gasteiger partial charge is 0.251 e. The van der Waals surface area contributed by atoms with E-state index in [1.807, 2.05) is 20.8 Å². The average molecular weight is 311 g/mol. The van der Waals surface area contributed by atoms with Gasteiger partial charge in [0.15, 0.2) is 0 Å². The third-order valence-corrected chi connectivity index (χ3v) is 4.16. The molecule has 0 aromatic carbocycles. The number of nitrogens with one attached hydrogen (secondary N) is 1. The van der Waals surface area contributed by atoms with Crippen LogP contribution in [0.1, 0.15) is 56.1 Å². The van der Waals surface area contributed by atoms with Gasteiger partial charge in [0.1, 0.15) is 5.15 Å². The Morgan fingerprint density at radius 1 is 1.43 bits per heavy atom. The molecule has 0 bridgehead atoms. The first-order valence-electron chi connectivity index (χ1n) is 7.41. The van der Waals surface area contributed by atoms with E-state index in [1.165, 1.54) is 0 Å². The molecular formula is C16H23ClN2O2. The quantitative estimate of drug-likeness (QED) is 0.844. The number of aromatic nitrogens is 1. The van der Waals surface area contributed by atoms with E-state index in [0.717, 1.165) is 25.0 Å². The van der Waals surface area contributed by atoms with Crippen molar-refractivity contribution in [3.05, 3.63) is 28.5 Å². The molecular weight excluding hydrogens is 288 g/mol. The summed E-state index contributed by atoms with van der Waals surface area (Å²) in [4.78, 5) is 16.5. The summed E-state index contributed by atoms with van der Waals surface area (Å²) in [6.45, 7) is 6.59. The SMILES string of the molecule is CC(C)(C)c1cc(C(=O)NCC2CCCC2O)cc(Cl)n1. The van der Waals surface area contributed by atoms with Crippen LogP contribution < -0.4 is 5.32 Å². The Labute approximate surface area is 130 Å². The minimum atomic E-state index is -0.295. The molecule has 1 fully saturated rings. The summed E-state index contributed by atoms with van der Waals surface area (Å²) >= 11 is 6.02. The van der Waals surface area contributed by atoms with E-state index in [4.69, 9.17) is 11.6 Å². The molecule has 4 nitrogen and oxygen atoms in total. The molecule has 1 saturated carbocycles. The molecule has 2 atom stereocenters. The highest BCUT2D eigenvalue weighted by Gasteiger charge is 2.26. The van der Waals surface area contributed by atoms with Crippen LogP contribution in [0.25, 0.3) is 0 Å². The van der Waals surface area contributed by atoms with E-state index in [0.29, 0.717) is 17.3 Å². The number of pyridine rings is 1. The molecule has 116 valence electrons. The number of halogens is 1. The highest BCUT2D eigenvalue weighted by Crippen LogP contribution is 2.25. The van der Waals surface area contributed by atoms with Gasteiger partial charge in [0.05, 0.1) is 6.10 Å². The van der Waals surface area contributed by atoms with E-state index in [-0.39, 0.29) is 23.3 Å². The zero-order chi connectivity index (χ0) is 15.6. The van der Waals surface area contributed by atoms with Gasteiger partial charge in [-0.1, -0.05) is 38.8 Å². The van der Waals surface area contributed by atoms with Gasteiger partial charge in [-0.2, -0.15) is 0 Å². The number of carbonyl (C=O) groups excluding carboxylic acids is 1. The highest BCUT2D eigenvalue weighted by atomic mass is 35.5. The van der Waals surface area contributed by atoms with E-state index >= 15 is 0 Å². The molecule has 5 heteroatoms. The van der Waals surface area contributed by atoms with Gasteiger partial charge >= 0.3 is 0 Å². The Morgan fingerprint density at radius 3 is 2.71 bits per heavy atom. The van der Waals surface area contributed by atoms with Crippen molar-refractivity contribution in [1.29, 1.82) is 0 Å². The number of rotatable bonds is 3. The Morgan fingerprint density at radius 2 is 2.14 bits per heavy atom. The van der Waals surface area contributed by atoms with E-state index in [1.54, 1.807) is 12.1 Å². The van der Waals surface area contributed by atoms with Crippen molar-refractivity contribution in [3.63, 3.8) is 0 Å². The zero-order valence-corrected chi connectivity index (χ0v) is 13.6. The molecule has 21 heavy (non-hydrogen) atoms. The minimum absolute atomic E-state index is 0.161. The molecule has 1 aliphatic rings. The summed E-state index contributed by atoms with van der Waals surface area (Å²) in [6, 6.07) is 3.36. The molecule has 1 aliphatic carbocycles. The van der Waals surface area contributed by atoms with Gasteiger partial charge in [-0.05, 0) is 25.0 Å². The van der Waals surface area contributed by atoms with Crippen LogP contribution in [0.3, 0.4) is 0 Å². The number of nitrogens with zero attached hydrogens (tertiary/aromatic N) is 1. The third kappa shape index (κ3) is 4.17. The molecule has 1 aromatic rings. The topological polar surface area (TPSA) is 62.2 Å². The van der Waals surface area contributed by atoms with Gasteiger partial charge in [-0.3, -0.25) is 4.79 Å². The maximum atomic E-state index is 12.3. The lowest BCUT2D eigenvalue weighted by Gasteiger charge is -2.19. The van der Waals surface area contributed by atoms with Gasteiger partial charge in [-0.25, -0.2) is 4.98 Å².